The third-order valence-electron chi connectivity index (χ3n) is 6.47. The molecule has 6 nitrogen and oxygen atoms in total. The van der Waals surface area contributed by atoms with Crippen LogP contribution in [0.5, 0.6) is 0 Å². The Kier molecular flexibility index (Phi) is 6.76. The van der Waals surface area contributed by atoms with Gasteiger partial charge in [0.2, 0.25) is 11.8 Å². The molecule has 2 aromatic carbocycles. The van der Waals surface area contributed by atoms with Crippen molar-refractivity contribution in [3.05, 3.63) is 70.8 Å². The fraction of sp³-hybridized carbons (Fsp3) is 0.444. The molecular weight excluding hydrogens is 446 g/mol. The Balaban J connectivity index is 1.50. The summed E-state index contributed by atoms with van der Waals surface area (Å²) < 4.78 is -0.487. The molecule has 0 unspecified atom stereocenters. The predicted molar refractivity (Wildman–Crippen MR) is 135 cm³/mol. The summed E-state index contributed by atoms with van der Waals surface area (Å²) in [6.45, 7) is 10.5. The Morgan fingerprint density at radius 3 is 2.44 bits per heavy atom. The quantitative estimate of drug-likeness (QED) is 0.624. The summed E-state index contributed by atoms with van der Waals surface area (Å²) in [6, 6.07) is 14.2. The van der Waals surface area contributed by atoms with Crippen molar-refractivity contribution in [1.82, 2.24) is 15.5 Å². The third-order valence-corrected chi connectivity index (χ3v) is 8.01. The molecule has 34 heavy (non-hydrogen) atoms. The number of amides is 3. The second kappa shape index (κ2) is 9.45. The van der Waals surface area contributed by atoms with Gasteiger partial charge in [0.05, 0.1) is 0 Å². The molecule has 3 atom stereocenters. The lowest BCUT2D eigenvalue weighted by Crippen LogP contribution is -2.57. The molecular formula is C27H33N3O3S. The Morgan fingerprint density at radius 2 is 1.76 bits per heavy atom. The van der Waals surface area contributed by atoms with Crippen molar-refractivity contribution in [3.63, 3.8) is 0 Å². The highest BCUT2D eigenvalue weighted by molar-refractivity contribution is 8.01. The van der Waals surface area contributed by atoms with Gasteiger partial charge in [-0.1, -0.05) is 61.9 Å². The molecule has 3 amide bonds. The second-order valence-corrected chi connectivity index (χ2v) is 11.9. The Labute approximate surface area is 205 Å². The van der Waals surface area contributed by atoms with Crippen LogP contribution in [-0.2, 0) is 16.1 Å². The fourth-order valence-corrected chi connectivity index (χ4v) is 6.36. The second-order valence-electron chi connectivity index (χ2n) is 10.2. The standard InChI is InChI=1S/C27H33N3O3S/c1-16(2)14-21(23(31)28-15-18-12-10-17(3)11-13-18)29-24(32)22-27(4,5)34-26-20-9-7-6-8-19(20)25(33)30(22)26/h6-13,16,21-22,26H,14-15H2,1-5H3,(H,28,31)(H,29,32)/t21-,22+,26-/m0/s1. The number of rotatable bonds is 7. The van der Waals surface area contributed by atoms with Gasteiger partial charge in [-0.25, -0.2) is 0 Å². The number of hydrogen-bond donors (Lipinski definition) is 2. The largest absolute Gasteiger partial charge is 0.350 e. The van der Waals surface area contributed by atoms with Crippen LogP contribution in [0.4, 0.5) is 0 Å². The molecule has 0 spiro atoms. The molecule has 7 heteroatoms. The van der Waals surface area contributed by atoms with E-state index in [2.05, 4.69) is 10.6 Å². The lowest BCUT2D eigenvalue weighted by molar-refractivity contribution is -0.132. The zero-order valence-electron chi connectivity index (χ0n) is 20.4. The first kappa shape index (κ1) is 24.3. The number of thioether (sulfide) groups is 1. The van der Waals surface area contributed by atoms with Crippen LogP contribution in [0.15, 0.2) is 48.5 Å². The van der Waals surface area contributed by atoms with Crippen molar-refractivity contribution in [3.8, 4) is 0 Å². The summed E-state index contributed by atoms with van der Waals surface area (Å²) in [5, 5.41) is 5.78. The molecule has 1 fully saturated rings. The van der Waals surface area contributed by atoms with Crippen molar-refractivity contribution in [1.29, 1.82) is 0 Å². The molecule has 2 heterocycles. The third kappa shape index (κ3) is 4.71. The minimum Gasteiger partial charge on any atom is -0.350 e. The van der Waals surface area contributed by atoms with Gasteiger partial charge in [-0.3, -0.25) is 14.4 Å². The maximum atomic E-state index is 13.6. The highest BCUT2D eigenvalue weighted by Crippen LogP contribution is 2.56. The molecule has 4 rings (SSSR count). The van der Waals surface area contributed by atoms with Crippen LogP contribution >= 0.6 is 11.8 Å². The van der Waals surface area contributed by atoms with Gasteiger partial charge in [-0.2, -0.15) is 0 Å². The summed E-state index contributed by atoms with van der Waals surface area (Å²) in [6.07, 6.45) is 0.517. The molecule has 0 aliphatic carbocycles. The van der Waals surface area contributed by atoms with Crippen molar-refractivity contribution in [2.45, 2.75) is 69.8 Å². The van der Waals surface area contributed by atoms with Crippen LogP contribution in [0.25, 0.3) is 0 Å². The monoisotopic (exact) mass is 479 g/mol. The number of nitrogens with one attached hydrogen (secondary N) is 2. The van der Waals surface area contributed by atoms with Gasteiger partial charge in [-0.15, -0.1) is 11.8 Å². The summed E-state index contributed by atoms with van der Waals surface area (Å²) >= 11 is 1.62. The summed E-state index contributed by atoms with van der Waals surface area (Å²) in [5.41, 5.74) is 3.78. The average molecular weight is 480 g/mol. The van der Waals surface area contributed by atoms with Gasteiger partial charge in [0.15, 0.2) is 0 Å². The Hall–Kier alpha value is -2.80. The smallest absolute Gasteiger partial charge is 0.256 e. The van der Waals surface area contributed by atoms with E-state index in [4.69, 9.17) is 0 Å². The summed E-state index contributed by atoms with van der Waals surface area (Å²) in [4.78, 5) is 41.6. The van der Waals surface area contributed by atoms with Gasteiger partial charge in [0.1, 0.15) is 17.5 Å². The zero-order valence-corrected chi connectivity index (χ0v) is 21.2. The zero-order chi connectivity index (χ0) is 24.6. The van der Waals surface area contributed by atoms with E-state index >= 15 is 0 Å². The van der Waals surface area contributed by atoms with Crippen molar-refractivity contribution in [2.75, 3.05) is 0 Å². The lowest BCUT2D eigenvalue weighted by Gasteiger charge is -2.31. The minimum atomic E-state index is -0.669. The molecule has 2 aliphatic heterocycles. The summed E-state index contributed by atoms with van der Waals surface area (Å²) in [5.74, 6) is -0.397. The van der Waals surface area contributed by atoms with E-state index in [1.807, 2.05) is 83.1 Å². The molecule has 1 saturated heterocycles. The number of fused-ring (bicyclic) bond motifs is 3. The highest BCUT2D eigenvalue weighted by Gasteiger charge is 2.57. The molecule has 0 saturated carbocycles. The number of aryl methyl sites for hydroxylation is 1. The van der Waals surface area contributed by atoms with Gasteiger partial charge in [0, 0.05) is 16.9 Å². The van der Waals surface area contributed by atoms with Crippen LogP contribution in [-0.4, -0.2) is 39.5 Å². The van der Waals surface area contributed by atoms with Crippen molar-refractivity contribution < 1.29 is 14.4 Å². The van der Waals surface area contributed by atoms with E-state index in [0.29, 0.717) is 18.5 Å². The molecule has 0 bridgehead atoms. The van der Waals surface area contributed by atoms with Crippen LogP contribution < -0.4 is 10.6 Å². The van der Waals surface area contributed by atoms with Gasteiger partial charge >= 0.3 is 0 Å². The number of benzene rings is 2. The van der Waals surface area contributed by atoms with E-state index in [1.165, 1.54) is 0 Å². The highest BCUT2D eigenvalue weighted by atomic mass is 32.2. The first-order valence-corrected chi connectivity index (χ1v) is 12.7. The normalized spacial score (nSPS) is 21.2. The molecule has 180 valence electrons. The van der Waals surface area contributed by atoms with Crippen LogP contribution in [0.2, 0.25) is 0 Å². The SMILES string of the molecule is Cc1ccc(CNC(=O)[C@H](CC(C)C)NC(=O)[C@H]2N3C(=O)c4ccccc4[C@@H]3SC2(C)C)cc1. The Bertz CT molecular complexity index is 1100. The van der Waals surface area contributed by atoms with E-state index in [0.717, 1.165) is 16.7 Å². The minimum absolute atomic E-state index is 0.122. The van der Waals surface area contributed by atoms with Crippen LogP contribution in [0.1, 0.15) is 66.5 Å². The van der Waals surface area contributed by atoms with Crippen molar-refractivity contribution in [2.24, 2.45) is 5.92 Å². The fourth-order valence-electron chi connectivity index (χ4n) is 4.78. The molecule has 0 aromatic heterocycles. The van der Waals surface area contributed by atoms with E-state index < -0.39 is 16.8 Å². The maximum absolute atomic E-state index is 13.6. The first-order valence-electron chi connectivity index (χ1n) is 11.8. The average Bonchev–Trinajstić information content (AvgIpc) is 3.21. The number of hydrogen-bond acceptors (Lipinski definition) is 4. The summed E-state index contributed by atoms with van der Waals surface area (Å²) in [7, 11) is 0. The van der Waals surface area contributed by atoms with Crippen LogP contribution in [0.3, 0.4) is 0 Å². The van der Waals surface area contributed by atoms with Gasteiger partial charge < -0.3 is 15.5 Å². The first-order chi connectivity index (χ1) is 16.1. The topological polar surface area (TPSA) is 78.5 Å². The molecule has 2 aliphatic rings. The van der Waals surface area contributed by atoms with E-state index in [9.17, 15) is 14.4 Å². The van der Waals surface area contributed by atoms with E-state index in [1.54, 1.807) is 16.7 Å². The van der Waals surface area contributed by atoms with Gasteiger partial charge in [-0.05, 0) is 50.3 Å². The maximum Gasteiger partial charge on any atom is 0.256 e. The number of carbonyl (C=O) groups excluding carboxylic acids is 3. The predicted octanol–water partition coefficient (Wildman–Crippen LogP) is 4.19. The number of nitrogens with zero attached hydrogens (tertiary/aromatic N) is 1. The molecule has 2 aromatic rings. The molecule has 0 radical (unpaired) electrons. The van der Waals surface area contributed by atoms with Gasteiger partial charge in [0.25, 0.3) is 5.91 Å². The van der Waals surface area contributed by atoms with Crippen LogP contribution in [0, 0.1) is 12.8 Å². The lowest BCUT2D eigenvalue weighted by atomic mass is 9.98. The van der Waals surface area contributed by atoms with Crippen molar-refractivity contribution >= 4 is 29.5 Å². The van der Waals surface area contributed by atoms with E-state index in [-0.39, 0.29) is 29.0 Å². The Morgan fingerprint density at radius 1 is 1.09 bits per heavy atom. The number of carbonyl (C=O) groups is 3. The molecule has 2 N–H and O–H groups in total.